The Morgan fingerprint density at radius 1 is 1.38 bits per heavy atom. The van der Waals surface area contributed by atoms with Gasteiger partial charge in [-0.05, 0) is 31.0 Å². The number of hydrogen-bond donors (Lipinski definition) is 0. The van der Waals surface area contributed by atoms with Crippen LogP contribution in [-0.4, -0.2) is 25.8 Å². The van der Waals surface area contributed by atoms with Crippen LogP contribution in [0.25, 0.3) is 0 Å². The second kappa shape index (κ2) is 5.55. The molecule has 0 radical (unpaired) electrons. The van der Waals surface area contributed by atoms with Gasteiger partial charge < -0.3 is 9.64 Å². The van der Waals surface area contributed by atoms with Gasteiger partial charge in [0.25, 0.3) is 0 Å². The number of alkyl halides is 1. The topological polar surface area (TPSA) is 12.5 Å². The van der Waals surface area contributed by atoms with Crippen LogP contribution in [0.15, 0.2) is 24.3 Å². The minimum atomic E-state index is 0.315. The van der Waals surface area contributed by atoms with Gasteiger partial charge in [-0.1, -0.05) is 12.1 Å². The van der Waals surface area contributed by atoms with Crippen LogP contribution in [0.2, 0.25) is 0 Å². The number of halogens is 1. The Morgan fingerprint density at radius 2 is 2.12 bits per heavy atom. The van der Waals surface area contributed by atoms with Crippen molar-refractivity contribution < 1.29 is 4.74 Å². The van der Waals surface area contributed by atoms with Crippen molar-refractivity contribution in [3.63, 3.8) is 0 Å². The third kappa shape index (κ3) is 2.89. The molecule has 0 aliphatic carbocycles. The van der Waals surface area contributed by atoms with E-state index in [4.69, 9.17) is 16.3 Å². The van der Waals surface area contributed by atoms with Crippen LogP contribution in [0.1, 0.15) is 18.9 Å². The molecule has 1 aliphatic rings. The van der Waals surface area contributed by atoms with Crippen molar-refractivity contribution in [2.24, 2.45) is 0 Å². The van der Waals surface area contributed by atoms with Crippen molar-refractivity contribution in [1.82, 2.24) is 0 Å². The normalized spacial score (nSPS) is 21.9. The molecule has 0 bridgehead atoms. The lowest BCUT2D eigenvalue weighted by atomic mass is 10.2. The third-order valence-electron chi connectivity index (χ3n) is 2.91. The molecule has 2 nitrogen and oxygen atoms in total. The Balaban J connectivity index is 2.09. The molecule has 2 rings (SSSR count). The Hall–Kier alpha value is -0.730. The van der Waals surface area contributed by atoms with Crippen molar-refractivity contribution in [3.8, 4) is 0 Å². The Morgan fingerprint density at radius 3 is 2.81 bits per heavy atom. The van der Waals surface area contributed by atoms with Crippen LogP contribution >= 0.6 is 11.6 Å². The number of ether oxygens (including phenoxy) is 1. The van der Waals surface area contributed by atoms with Gasteiger partial charge in [0.05, 0.1) is 6.10 Å². The third-order valence-corrected chi connectivity index (χ3v) is 3.22. The first-order valence-corrected chi connectivity index (χ1v) is 6.34. The molecule has 1 atom stereocenters. The molecule has 0 spiro atoms. The summed E-state index contributed by atoms with van der Waals surface area (Å²) in [6.45, 7) is 5.05. The summed E-state index contributed by atoms with van der Waals surface area (Å²) in [7, 11) is 0. The van der Waals surface area contributed by atoms with Crippen LogP contribution in [0.3, 0.4) is 0 Å². The largest absolute Gasteiger partial charge is 0.377 e. The van der Waals surface area contributed by atoms with E-state index in [1.54, 1.807) is 0 Å². The number of rotatable bonds is 2. The van der Waals surface area contributed by atoms with Gasteiger partial charge in [0.15, 0.2) is 0 Å². The molecule has 1 aromatic rings. The fourth-order valence-corrected chi connectivity index (χ4v) is 2.20. The molecule has 1 heterocycles. The molecule has 0 aromatic heterocycles. The van der Waals surface area contributed by atoms with Gasteiger partial charge in [-0.2, -0.15) is 0 Å². The summed E-state index contributed by atoms with van der Waals surface area (Å²) in [5, 5.41) is 0. The van der Waals surface area contributed by atoms with Crippen molar-refractivity contribution in [1.29, 1.82) is 0 Å². The first-order valence-electron chi connectivity index (χ1n) is 5.81. The minimum absolute atomic E-state index is 0.315. The van der Waals surface area contributed by atoms with Crippen molar-refractivity contribution in [2.75, 3.05) is 24.6 Å². The molecular weight excluding hydrogens is 222 g/mol. The van der Waals surface area contributed by atoms with Gasteiger partial charge in [0, 0.05) is 31.3 Å². The summed E-state index contributed by atoms with van der Waals surface area (Å²) in [6.07, 6.45) is 1.41. The second-order valence-corrected chi connectivity index (χ2v) is 4.55. The summed E-state index contributed by atoms with van der Waals surface area (Å²) < 4.78 is 5.64. The summed E-state index contributed by atoms with van der Waals surface area (Å²) >= 11 is 5.78. The van der Waals surface area contributed by atoms with E-state index < -0.39 is 0 Å². The van der Waals surface area contributed by atoms with Crippen LogP contribution in [-0.2, 0) is 10.6 Å². The smallest absolute Gasteiger partial charge is 0.0721 e. The second-order valence-electron chi connectivity index (χ2n) is 4.28. The van der Waals surface area contributed by atoms with Crippen LogP contribution in [0.4, 0.5) is 5.69 Å². The average molecular weight is 240 g/mol. The number of benzene rings is 1. The predicted octanol–water partition coefficient (Wildman–Crippen LogP) is 3.04. The number of hydrogen-bond acceptors (Lipinski definition) is 2. The van der Waals surface area contributed by atoms with Crippen molar-refractivity contribution in [3.05, 3.63) is 29.8 Å². The van der Waals surface area contributed by atoms with Gasteiger partial charge in [-0.25, -0.2) is 0 Å². The minimum Gasteiger partial charge on any atom is -0.377 e. The monoisotopic (exact) mass is 239 g/mol. The highest BCUT2D eigenvalue weighted by Crippen LogP contribution is 2.19. The maximum absolute atomic E-state index is 5.78. The summed E-state index contributed by atoms with van der Waals surface area (Å²) in [5.41, 5.74) is 2.44. The number of nitrogens with zero attached hydrogens (tertiary/aromatic N) is 1. The average Bonchev–Trinajstić information content (AvgIpc) is 2.54. The Bertz CT molecular complexity index is 325. The molecule has 1 fully saturated rings. The zero-order chi connectivity index (χ0) is 11.4. The highest BCUT2D eigenvalue weighted by Gasteiger charge is 2.14. The molecule has 0 saturated carbocycles. The van der Waals surface area contributed by atoms with Crippen LogP contribution in [0, 0.1) is 0 Å². The lowest BCUT2D eigenvalue weighted by molar-refractivity contribution is 0.0821. The number of anilines is 1. The van der Waals surface area contributed by atoms with Gasteiger partial charge in [0.1, 0.15) is 0 Å². The molecule has 3 heteroatoms. The van der Waals surface area contributed by atoms with Crippen molar-refractivity contribution in [2.45, 2.75) is 25.3 Å². The molecule has 0 N–H and O–H groups in total. The molecule has 16 heavy (non-hydrogen) atoms. The fraction of sp³-hybridized carbons (Fsp3) is 0.538. The zero-order valence-electron chi connectivity index (χ0n) is 9.66. The van der Waals surface area contributed by atoms with E-state index in [0.717, 1.165) is 26.1 Å². The zero-order valence-corrected chi connectivity index (χ0v) is 10.4. The van der Waals surface area contributed by atoms with E-state index in [0.29, 0.717) is 12.0 Å². The van der Waals surface area contributed by atoms with Crippen molar-refractivity contribution >= 4 is 17.3 Å². The summed E-state index contributed by atoms with van der Waals surface area (Å²) in [5.74, 6) is 0.583. The van der Waals surface area contributed by atoms with E-state index in [2.05, 4.69) is 36.1 Å². The van der Waals surface area contributed by atoms with Crippen LogP contribution < -0.4 is 4.90 Å². The van der Waals surface area contributed by atoms with Gasteiger partial charge in [-0.3, -0.25) is 0 Å². The quantitative estimate of drug-likeness (QED) is 0.736. The molecule has 1 saturated heterocycles. The van der Waals surface area contributed by atoms with Crippen LogP contribution in [0.5, 0.6) is 0 Å². The standard InChI is InChI=1S/C13H18ClNO/c1-11-10-15(7-2-8-16-11)13-5-3-12(9-14)4-6-13/h3-6,11H,2,7-10H2,1H3. The Labute approximate surface area is 102 Å². The van der Waals surface area contributed by atoms with E-state index in [-0.39, 0.29) is 0 Å². The molecule has 1 aliphatic heterocycles. The van der Waals surface area contributed by atoms with E-state index >= 15 is 0 Å². The van der Waals surface area contributed by atoms with Gasteiger partial charge >= 0.3 is 0 Å². The molecule has 88 valence electrons. The predicted molar refractivity (Wildman–Crippen MR) is 68.2 cm³/mol. The first-order chi connectivity index (χ1) is 7.79. The highest BCUT2D eigenvalue weighted by molar-refractivity contribution is 6.17. The SMILES string of the molecule is CC1CN(c2ccc(CCl)cc2)CCCO1. The van der Waals surface area contributed by atoms with E-state index in [1.165, 1.54) is 11.3 Å². The molecule has 1 unspecified atom stereocenters. The fourth-order valence-electron chi connectivity index (χ4n) is 2.02. The maximum Gasteiger partial charge on any atom is 0.0721 e. The molecule has 0 amide bonds. The Kier molecular flexibility index (Phi) is 4.08. The molecule has 1 aromatic carbocycles. The maximum atomic E-state index is 5.78. The lowest BCUT2D eigenvalue weighted by Gasteiger charge is -2.24. The summed E-state index contributed by atoms with van der Waals surface area (Å²) in [4.78, 5) is 2.38. The highest BCUT2D eigenvalue weighted by atomic mass is 35.5. The van der Waals surface area contributed by atoms with Gasteiger partial charge in [0.2, 0.25) is 0 Å². The van der Waals surface area contributed by atoms with E-state index in [9.17, 15) is 0 Å². The first kappa shape index (κ1) is 11.7. The summed E-state index contributed by atoms with van der Waals surface area (Å²) in [6, 6.07) is 8.49. The van der Waals surface area contributed by atoms with Gasteiger partial charge in [-0.15, -0.1) is 11.6 Å². The van der Waals surface area contributed by atoms with E-state index in [1.807, 2.05) is 0 Å². The lowest BCUT2D eigenvalue weighted by Crippen LogP contribution is -2.29. The molecular formula is C13H18ClNO.